The lowest BCUT2D eigenvalue weighted by Gasteiger charge is -2.09. The average Bonchev–Trinajstić information content (AvgIpc) is 2.44. The van der Waals surface area contributed by atoms with E-state index in [9.17, 15) is 18.9 Å². The summed E-state index contributed by atoms with van der Waals surface area (Å²) >= 11 is 2.93. The summed E-state index contributed by atoms with van der Waals surface area (Å²) in [6.45, 7) is 2.33. The third kappa shape index (κ3) is 2.99. The summed E-state index contributed by atoms with van der Waals surface area (Å²) in [5, 5.41) is 13.9. The number of anilines is 1. The summed E-state index contributed by atoms with van der Waals surface area (Å²) in [5.74, 6) is -1.55. The zero-order chi connectivity index (χ0) is 15.6. The standard InChI is InChI=1S/C13H10BrF2N3O2/c1-2-17-10-6-5-9(19(20)21)13(18-10)11-8(15)4-3-7(14)12(11)16/h3-6H,2H2,1H3,(H,17,18). The Morgan fingerprint density at radius 3 is 2.67 bits per heavy atom. The van der Waals surface area contributed by atoms with Crippen molar-refractivity contribution >= 4 is 27.4 Å². The molecule has 1 aromatic carbocycles. The van der Waals surface area contributed by atoms with Crippen LogP contribution in [0, 0.1) is 21.7 Å². The summed E-state index contributed by atoms with van der Waals surface area (Å²) in [5.41, 5.74) is -1.35. The van der Waals surface area contributed by atoms with Gasteiger partial charge in [-0.2, -0.15) is 0 Å². The predicted molar refractivity (Wildman–Crippen MR) is 78.1 cm³/mol. The summed E-state index contributed by atoms with van der Waals surface area (Å²) in [6, 6.07) is 4.76. The molecular formula is C13H10BrF2N3O2. The fourth-order valence-corrected chi connectivity index (χ4v) is 2.14. The van der Waals surface area contributed by atoms with Crippen LogP contribution in [0.15, 0.2) is 28.7 Å². The van der Waals surface area contributed by atoms with Crippen LogP contribution in [0.4, 0.5) is 20.3 Å². The van der Waals surface area contributed by atoms with Gasteiger partial charge in [-0.05, 0) is 41.1 Å². The first-order valence-electron chi connectivity index (χ1n) is 5.98. The lowest BCUT2D eigenvalue weighted by atomic mass is 10.1. The second-order valence-corrected chi connectivity index (χ2v) is 4.92. The molecule has 0 unspecified atom stereocenters. The zero-order valence-corrected chi connectivity index (χ0v) is 12.4. The molecule has 2 rings (SSSR count). The molecule has 0 spiro atoms. The van der Waals surface area contributed by atoms with E-state index in [0.717, 1.165) is 6.07 Å². The van der Waals surface area contributed by atoms with Crippen molar-refractivity contribution in [1.29, 1.82) is 0 Å². The first-order valence-corrected chi connectivity index (χ1v) is 6.78. The minimum Gasteiger partial charge on any atom is -0.370 e. The molecule has 1 N–H and O–H groups in total. The van der Waals surface area contributed by atoms with E-state index in [2.05, 4.69) is 26.2 Å². The Hall–Kier alpha value is -2.09. The van der Waals surface area contributed by atoms with Crippen molar-refractivity contribution < 1.29 is 13.7 Å². The second-order valence-electron chi connectivity index (χ2n) is 4.07. The Morgan fingerprint density at radius 2 is 2.05 bits per heavy atom. The van der Waals surface area contributed by atoms with Gasteiger partial charge < -0.3 is 5.32 Å². The Balaban J connectivity index is 2.74. The summed E-state index contributed by atoms with van der Waals surface area (Å²) in [6.07, 6.45) is 0. The molecule has 0 bridgehead atoms. The maximum absolute atomic E-state index is 14.1. The van der Waals surface area contributed by atoms with Gasteiger partial charge in [-0.3, -0.25) is 10.1 Å². The van der Waals surface area contributed by atoms with Crippen LogP contribution in [0.1, 0.15) is 6.92 Å². The summed E-state index contributed by atoms with van der Waals surface area (Å²) < 4.78 is 28.1. The monoisotopic (exact) mass is 357 g/mol. The van der Waals surface area contributed by atoms with Gasteiger partial charge in [0.2, 0.25) is 0 Å². The normalized spacial score (nSPS) is 10.5. The van der Waals surface area contributed by atoms with Gasteiger partial charge in [0, 0.05) is 12.6 Å². The molecule has 0 fully saturated rings. The van der Waals surface area contributed by atoms with Crippen LogP contribution in [-0.2, 0) is 0 Å². The molecule has 8 heteroatoms. The Labute approximate surface area is 127 Å². The molecule has 110 valence electrons. The van der Waals surface area contributed by atoms with E-state index in [1.807, 2.05) is 6.92 Å². The van der Waals surface area contributed by atoms with Crippen LogP contribution < -0.4 is 5.32 Å². The van der Waals surface area contributed by atoms with Crippen molar-refractivity contribution in [2.75, 3.05) is 11.9 Å². The van der Waals surface area contributed by atoms with E-state index >= 15 is 0 Å². The largest absolute Gasteiger partial charge is 0.370 e. The Bertz CT molecular complexity index is 710. The van der Waals surface area contributed by atoms with Gasteiger partial charge in [0.05, 0.1) is 15.0 Å². The van der Waals surface area contributed by atoms with Gasteiger partial charge in [0.25, 0.3) is 5.69 Å². The Kier molecular flexibility index (Phi) is 4.46. The fourth-order valence-electron chi connectivity index (χ4n) is 1.81. The highest BCUT2D eigenvalue weighted by Crippen LogP contribution is 2.35. The lowest BCUT2D eigenvalue weighted by Crippen LogP contribution is -2.04. The molecule has 0 aliphatic rings. The van der Waals surface area contributed by atoms with Crippen molar-refractivity contribution in [2.45, 2.75) is 6.92 Å². The van der Waals surface area contributed by atoms with E-state index in [0.29, 0.717) is 12.4 Å². The molecule has 0 aliphatic heterocycles. The van der Waals surface area contributed by atoms with Crippen molar-refractivity contribution in [3.63, 3.8) is 0 Å². The number of nitrogens with one attached hydrogen (secondary N) is 1. The first-order chi connectivity index (χ1) is 9.95. The van der Waals surface area contributed by atoms with Crippen LogP contribution in [0.2, 0.25) is 0 Å². The van der Waals surface area contributed by atoms with Crippen molar-refractivity contribution in [3.8, 4) is 11.3 Å². The maximum Gasteiger partial charge on any atom is 0.295 e. The molecule has 0 radical (unpaired) electrons. The molecule has 2 aromatic rings. The number of nitro groups is 1. The topological polar surface area (TPSA) is 68.1 Å². The van der Waals surface area contributed by atoms with Crippen molar-refractivity contribution in [2.24, 2.45) is 0 Å². The summed E-state index contributed by atoms with van der Waals surface area (Å²) in [4.78, 5) is 14.3. The molecule has 0 aliphatic carbocycles. The van der Waals surface area contributed by atoms with E-state index < -0.39 is 27.8 Å². The molecule has 1 heterocycles. The minimum atomic E-state index is -0.931. The number of nitrogens with zero attached hydrogens (tertiary/aromatic N) is 2. The van der Waals surface area contributed by atoms with Crippen LogP contribution in [0.25, 0.3) is 11.3 Å². The molecule has 1 aromatic heterocycles. The number of halogens is 3. The lowest BCUT2D eigenvalue weighted by molar-refractivity contribution is -0.384. The molecular weight excluding hydrogens is 348 g/mol. The first kappa shape index (κ1) is 15.3. The van der Waals surface area contributed by atoms with Gasteiger partial charge in [-0.25, -0.2) is 13.8 Å². The second kappa shape index (κ2) is 6.13. The number of pyridine rings is 1. The van der Waals surface area contributed by atoms with Crippen molar-refractivity contribution in [3.05, 3.63) is 50.5 Å². The molecule has 0 atom stereocenters. The number of rotatable bonds is 4. The van der Waals surface area contributed by atoms with Crippen LogP contribution in [-0.4, -0.2) is 16.5 Å². The zero-order valence-electron chi connectivity index (χ0n) is 10.9. The SMILES string of the molecule is CCNc1ccc([N+](=O)[O-])c(-c2c(F)ccc(Br)c2F)n1. The highest BCUT2D eigenvalue weighted by atomic mass is 79.9. The predicted octanol–water partition coefficient (Wildman–Crippen LogP) is 4.13. The number of aromatic nitrogens is 1. The van der Waals surface area contributed by atoms with Gasteiger partial charge in [0.1, 0.15) is 17.5 Å². The van der Waals surface area contributed by atoms with Crippen LogP contribution in [0.5, 0.6) is 0 Å². The summed E-state index contributed by atoms with van der Waals surface area (Å²) in [7, 11) is 0. The highest BCUT2D eigenvalue weighted by Gasteiger charge is 2.25. The van der Waals surface area contributed by atoms with Crippen molar-refractivity contribution in [1.82, 2.24) is 4.98 Å². The molecule has 5 nitrogen and oxygen atoms in total. The maximum atomic E-state index is 14.1. The highest BCUT2D eigenvalue weighted by molar-refractivity contribution is 9.10. The van der Waals surface area contributed by atoms with Gasteiger partial charge in [-0.15, -0.1) is 0 Å². The molecule has 0 saturated carbocycles. The van der Waals surface area contributed by atoms with Crippen LogP contribution >= 0.6 is 15.9 Å². The van der Waals surface area contributed by atoms with Gasteiger partial charge >= 0.3 is 0 Å². The smallest absolute Gasteiger partial charge is 0.295 e. The minimum absolute atomic E-state index is 0.00357. The van der Waals surface area contributed by atoms with E-state index in [1.54, 1.807) is 0 Å². The Morgan fingerprint density at radius 1 is 1.33 bits per heavy atom. The van der Waals surface area contributed by atoms with Crippen LogP contribution in [0.3, 0.4) is 0 Å². The number of benzene rings is 1. The third-order valence-electron chi connectivity index (χ3n) is 2.71. The molecule has 0 amide bonds. The number of hydrogen-bond acceptors (Lipinski definition) is 4. The number of hydrogen-bond donors (Lipinski definition) is 1. The molecule has 21 heavy (non-hydrogen) atoms. The van der Waals surface area contributed by atoms with Gasteiger partial charge in [0.15, 0.2) is 5.69 Å². The van der Waals surface area contributed by atoms with Gasteiger partial charge in [-0.1, -0.05) is 0 Å². The average molecular weight is 358 g/mol. The van der Waals surface area contributed by atoms with E-state index in [4.69, 9.17) is 0 Å². The fraction of sp³-hybridized carbons (Fsp3) is 0.154. The van der Waals surface area contributed by atoms with E-state index in [1.165, 1.54) is 18.2 Å². The third-order valence-corrected chi connectivity index (χ3v) is 3.32. The van der Waals surface area contributed by atoms with E-state index in [-0.39, 0.29) is 10.2 Å². The molecule has 0 saturated heterocycles. The quantitative estimate of drug-likeness (QED) is 0.507.